The molecule has 0 amide bonds. The van der Waals surface area contributed by atoms with E-state index >= 15 is 0 Å². The van der Waals surface area contributed by atoms with Crippen LogP contribution < -0.4 is 5.32 Å². The summed E-state index contributed by atoms with van der Waals surface area (Å²) in [5.41, 5.74) is 1.96. The Balaban J connectivity index is 1.85. The predicted molar refractivity (Wildman–Crippen MR) is 72.0 cm³/mol. The van der Waals surface area contributed by atoms with Gasteiger partial charge in [0.2, 0.25) is 0 Å². The summed E-state index contributed by atoms with van der Waals surface area (Å²) in [7, 11) is 0. The number of nitrogens with one attached hydrogen (secondary N) is 1. The van der Waals surface area contributed by atoms with Gasteiger partial charge in [-0.25, -0.2) is 0 Å². The average molecular weight is 237 g/mol. The normalized spacial score (nSPS) is 25.8. The van der Waals surface area contributed by atoms with Crippen LogP contribution in [0.4, 0.5) is 0 Å². The molecule has 1 nitrogen and oxygen atoms in total. The molecule has 0 radical (unpaired) electrons. The summed E-state index contributed by atoms with van der Waals surface area (Å²) in [5, 5.41) is 8.24. The van der Waals surface area contributed by atoms with E-state index in [0.29, 0.717) is 17.5 Å². The average Bonchev–Trinajstić information content (AvgIpc) is 2.78. The van der Waals surface area contributed by atoms with Crippen molar-refractivity contribution < 1.29 is 0 Å². The molecule has 90 valence electrons. The van der Waals surface area contributed by atoms with Crippen LogP contribution in [0.5, 0.6) is 0 Å². The molecule has 1 fully saturated rings. The van der Waals surface area contributed by atoms with Crippen molar-refractivity contribution in [3.63, 3.8) is 0 Å². The molecule has 1 saturated carbocycles. The molecular formula is C14H23NS. The third kappa shape index (κ3) is 2.86. The molecule has 2 atom stereocenters. The van der Waals surface area contributed by atoms with Gasteiger partial charge in [-0.1, -0.05) is 20.3 Å². The Hall–Kier alpha value is -0.340. The molecule has 16 heavy (non-hydrogen) atoms. The highest BCUT2D eigenvalue weighted by molar-refractivity contribution is 7.07. The molecular weight excluding hydrogens is 214 g/mol. The Morgan fingerprint density at radius 3 is 2.94 bits per heavy atom. The number of hydrogen-bond donors (Lipinski definition) is 1. The van der Waals surface area contributed by atoms with Gasteiger partial charge >= 0.3 is 0 Å². The predicted octanol–water partition coefficient (Wildman–Crippen LogP) is 3.85. The Morgan fingerprint density at radius 2 is 2.38 bits per heavy atom. The molecule has 1 aromatic rings. The van der Waals surface area contributed by atoms with Gasteiger partial charge in [0.05, 0.1) is 0 Å². The molecule has 1 aromatic heterocycles. The van der Waals surface area contributed by atoms with Crippen LogP contribution in [-0.4, -0.2) is 12.1 Å². The summed E-state index contributed by atoms with van der Waals surface area (Å²) in [5.74, 6) is 0. The van der Waals surface area contributed by atoms with Gasteiger partial charge in [-0.3, -0.25) is 0 Å². The third-order valence-electron chi connectivity index (χ3n) is 3.86. The minimum absolute atomic E-state index is 0.489. The zero-order valence-electron chi connectivity index (χ0n) is 10.6. The lowest BCUT2D eigenvalue weighted by Gasteiger charge is -2.30. The van der Waals surface area contributed by atoms with Gasteiger partial charge in [-0.2, -0.15) is 11.3 Å². The van der Waals surface area contributed by atoms with E-state index in [9.17, 15) is 0 Å². The Kier molecular flexibility index (Phi) is 3.70. The van der Waals surface area contributed by atoms with E-state index in [1.54, 1.807) is 11.3 Å². The van der Waals surface area contributed by atoms with E-state index in [4.69, 9.17) is 0 Å². The van der Waals surface area contributed by atoms with Crippen molar-refractivity contribution >= 4 is 11.3 Å². The maximum Gasteiger partial charge on any atom is 0.0121 e. The fourth-order valence-electron chi connectivity index (χ4n) is 2.80. The van der Waals surface area contributed by atoms with Gasteiger partial charge in [-0.15, -0.1) is 0 Å². The molecule has 0 spiro atoms. The topological polar surface area (TPSA) is 12.0 Å². The first-order valence-corrected chi connectivity index (χ1v) is 7.29. The van der Waals surface area contributed by atoms with Gasteiger partial charge in [-0.05, 0) is 54.0 Å². The van der Waals surface area contributed by atoms with Gasteiger partial charge in [0.1, 0.15) is 0 Å². The summed E-state index contributed by atoms with van der Waals surface area (Å²) < 4.78 is 0. The van der Waals surface area contributed by atoms with Gasteiger partial charge in [0.25, 0.3) is 0 Å². The highest BCUT2D eigenvalue weighted by atomic mass is 32.1. The first-order valence-electron chi connectivity index (χ1n) is 6.35. The van der Waals surface area contributed by atoms with E-state index in [-0.39, 0.29) is 0 Å². The Bertz CT molecular complexity index is 315. The van der Waals surface area contributed by atoms with Crippen molar-refractivity contribution in [3.05, 3.63) is 22.4 Å². The van der Waals surface area contributed by atoms with Crippen LogP contribution in [0.25, 0.3) is 0 Å². The molecule has 0 saturated heterocycles. The van der Waals surface area contributed by atoms with Gasteiger partial charge < -0.3 is 5.32 Å². The van der Waals surface area contributed by atoms with Crippen molar-refractivity contribution in [2.75, 3.05) is 0 Å². The van der Waals surface area contributed by atoms with E-state index in [0.717, 1.165) is 6.42 Å². The fourth-order valence-corrected chi connectivity index (χ4v) is 3.48. The minimum atomic E-state index is 0.489. The van der Waals surface area contributed by atoms with Gasteiger partial charge in [0, 0.05) is 12.1 Å². The summed E-state index contributed by atoms with van der Waals surface area (Å²) in [4.78, 5) is 0. The highest BCUT2D eigenvalue weighted by Gasteiger charge is 2.34. The number of thiophene rings is 1. The molecule has 0 aromatic carbocycles. The zero-order valence-corrected chi connectivity index (χ0v) is 11.4. The van der Waals surface area contributed by atoms with Crippen molar-refractivity contribution in [1.29, 1.82) is 0 Å². The molecule has 1 heterocycles. The quantitative estimate of drug-likeness (QED) is 0.839. The minimum Gasteiger partial charge on any atom is -0.311 e. The molecule has 2 rings (SSSR count). The second kappa shape index (κ2) is 4.89. The number of hydrogen-bond acceptors (Lipinski definition) is 2. The first-order chi connectivity index (χ1) is 7.58. The standard InChI is InChI=1S/C14H23NS/c1-11(9-12-6-8-16-10-12)15-13-5-4-7-14(13,2)3/h6,8,10-11,13,15H,4-5,7,9H2,1-3H3. The lowest BCUT2D eigenvalue weighted by Crippen LogP contribution is -2.43. The molecule has 0 bridgehead atoms. The van der Waals surface area contributed by atoms with E-state index in [1.165, 1.54) is 24.8 Å². The summed E-state index contributed by atoms with van der Waals surface area (Å²) >= 11 is 1.80. The molecule has 2 heteroatoms. The zero-order chi connectivity index (χ0) is 11.6. The second-order valence-electron chi connectivity index (χ2n) is 5.84. The summed E-state index contributed by atoms with van der Waals surface area (Å²) in [6, 6.07) is 3.54. The van der Waals surface area contributed by atoms with Crippen LogP contribution in [0, 0.1) is 5.41 Å². The summed E-state index contributed by atoms with van der Waals surface area (Å²) in [6.07, 6.45) is 5.27. The van der Waals surface area contributed by atoms with Crippen LogP contribution in [0.3, 0.4) is 0 Å². The van der Waals surface area contributed by atoms with Crippen LogP contribution in [0.2, 0.25) is 0 Å². The van der Waals surface area contributed by atoms with Crippen LogP contribution >= 0.6 is 11.3 Å². The smallest absolute Gasteiger partial charge is 0.0121 e. The largest absolute Gasteiger partial charge is 0.311 e. The molecule has 0 aliphatic heterocycles. The molecule has 1 N–H and O–H groups in total. The monoisotopic (exact) mass is 237 g/mol. The lowest BCUT2D eigenvalue weighted by molar-refractivity contribution is 0.265. The van der Waals surface area contributed by atoms with Crippen molar-refractivity contribution in [2.24, 2.45) is 5.41 Å². The third-order valence-corrected chi connectivity index (χ3v) is 4.60. The van der Waals surface area contributed by atoms with Gasteiger partial charge in [0.15, 0.2) is 0 Å². The Labute approximate surface area is 103 Å². The van der Waals surface area contributed by atoms with E-state index in [1.807, 2.05) is 0 Å². The highest BCUT2D eigenvalue weighted by Crippen LogP contribution is 2.37. The fraction of sp³-hybridized carbons (Fsp3) is 0.714. The summed E-state index contributed by atoms with van der Waals surface area (Å²) in [6.45, 7) is 7.11. The number of rotatable bonds is 4. The van der Waals surface area contributed by atoms with E-state index < -0.39 is 0 Å². The van der Waals surface area contributed by atoms with Crippen LogP contribution in [0.1, 0.15) is 45.6 Å². The molecule has 1 aliphatic rings. The lowest BCUT2D eigenvalue weighted by atomic mass is 9.87. The van der Waals surface area contributed by atoms with Crippen molar-refractivity contribution in [1.82, 2.24) is 5.32 Å². The molecule has 1 aliphatic carbocycles. The van der Waals surface area contributed by atoms with E-state index in [2.05, 4.69) is 42.9 Å². The van der Waals surface area contributed by atoms with Crippen molar-refractivity contribution in [3.8, 4) is 0 Å². The maximum atomic E-state index is 3.81. The second-order valence-corrected chi connectivity index (χ2v) is 6.62. The molecule has 2 unspecified atom stereocenters. The van der Waals surface area contributed by atoms with Crippen LogP contribution in [-0.2, 0) is 6.42 Å². The maximum absolute atomic E-state index is 3.81. The SMILES string of the molecule is CC(Cc1ccsc1)NC1CCCC1(C)C. The van der Waals surface area contributed by atoms with Crippen molar-refractivity contribution in [2.45, 2.75) is 58.5 Å². The first kappa shape index (κ1) is 12.1. The van der Waals surface area contributed by atoms with Crippen LogP contribution in [0.15, 0.2) is 16.8 Å². The Morgan fingerprint density at radius 1 is 1.56 bits per heavy atom.